The SMILES string of the molecule is CN(CC(F)(F)F)c1cncc(Cl)n1. The molecule has 3 nitrogen and oxygen atoms in total. The largest absolute Gasteiger partial charge is 0.405 e. The summed E-state index contributed by atoms with van der Waals surface area (Å²) in [5.74, 6) is 0.0924. The minimum atomic E-state index is -4.27. The van der Waals surface area contributed by atoms with Crippen LogP contribution in [-0.2, 0) is 0 Å². The zero-order chi connectivity index (χ0) is 10.8. The first-order chi connectivity index (χ1) is 6.38. The van der Waals surface area contributed by atoms with Gasteiger partial charge in [0.25, 0.3) is 0 Å². The molecule has 0 fully saturated rings. The van der Waals surface area contributed by atoms with Crippen molar-refractivity contribution in [1.82, 2.24) is 9.97 Å². The molecule has 0 aliphatic heterocycles. The highest BCUT2D eigenvalue weighted by atomic mass is 35.5. The molecule has 1 aromatic heterocycles. The third-order valence-electron chi connectivity index (χ3n) is 1.40. The Morgan fingerprint density at radius 3 is 2.57 bits per heavy atom. The summed E-state index contributed by atoms with van der Waals surface area (Å²) in [5, 5.41) is 0.0662. The van der Waals surface area contributed by atoms with E-state index in [1.165, 1.54) is 19.4 Å². The number of rotatable bonds is 2. The zero-order valence-corrected chi connectivity index (χ0v) is 7.97. The molecule has 1 heterocycles. The minimum absolute atomic E-state index is 0.0662. The second-order valence-electron chi connectivity index (χ2n) is 2.67. The lowest BCUT2D eigenvalue weighted by Gasteiger charge is -2.19. The molecule has 0 saturated carbocycles. The van der Waals surface area contributed by atoms with E-state index in [0.717, 1.165) is 4.90 Å². The molecular weight excluding hydrogens is 219 g/mol. The molecule has 0 aliphatic carbocycles. The van der Waals surface area contributed by atoms with E-state index in [2.05, 4.69) is 9.97 Å². The number of hydrogen-bond acceptors (Lipinski definition) is 3. The molecule has 0 spiro atoms. The lowest BCUT2D eigenvalue weighted by Crippen LogP contribution is -2.31. The van der Waals surface area contributed by atoms with Crippen molar-refractivity contribution in [2.24, 2.45) is 0 Å². The summed E-state index contributed by atoms with van der Waals surface area (Å²) >= 11 is 5.48. The van der Waals surface area contributed by atoms with Crippen LogP contribution in [0.5, 0.6) is 0 Å². The summed E-state index contributed by atoms with van der Waals surface area (Å²) < 4.78 is 35.9. The first-order valence-electron chi connectivity index (χ1n) is 3.64. The summed E-state index contributed by atoms with van der Waals surface area (Å²) in [6.45, 7) is -1.08. The first kappa shape index (κ1) is 11.0. The molecule has 0 atom stereocenters. The molecule has 1 aromatic rings. The van der Waals surface area contributed by atoms with E-state index >= 15 is 0 Å². The van der Waals surface area contributed by atoms with Gasteiger partial charge in [-0.15, -0.1) is 0 Å². The highest BCUT2D eigenvalue weighted by molar-refractivity contribution is 6.29. The Bertz CT molecular complexity index is 315. The van der Waals surface area contributed by atoms with Crippen LogP contribution >= 0.6 is 11.6 Å². The highest BCUT2D eigenvalue weighted by Crippen LogP contribution is 2.19. The van der Waals surface area contributed by atoms with Crippen LogP contribution in [0.15, 0.2) is 12.4 Å². The van der Waals surface area contributed by atoms with Gasteiger partial charge in [0.2, 0.25) is 0 Å². The maximum atomic E-state index is 12.0. The van der Waals surface area contributed by atoms with Crippen molar-refractivity contribution in [3.05, 3.63) is 17.5 Å². The lowest BCUT2D eigenvalue weighted by molar-refractivity contribution is -0.119. The van der Waals surface area contributed by atoms with Crippen molar-refractivity contribution in [3.8, 4) is 0 Å². The third-order valence-corrected chi connectivity index (χ3v) is 1.58. The molecule has 0 aliphatic rings. The van der Waals surface area contributed by atoms with Gasteiger partial charge >= 0.3 is 6.18 Å². The van der Waals surface area contributed by atoms with E-state index in [9.17, 15) is 13.2 Å². The quantitative estimate of drug-likeness (QED) is 0.772. The number of anilines is 1. The number of nitrogens with zero attached hydrogens (tertiary/aromatic N) is 3. The van der Waals surface area contributed by atoms with Gasteiger partial charge < -0.3 is 4.90 Å². The number of alkyl halides is 3. The molecule has 14 heavy (non-hydrogen) atoms. The van der Waals surface area contributed by atoms with Crippen LogP contribution in [0.4, 0.5) is 19.0 Å². The Kier molecular flexibility index (Phi) is 3.15. The Morgan fingerprint density at radius 2 is 2.07 bits per heavy atom. The van der Waals surface area contributed by atoms with Crippen LogP contribution in [0.3, 0.4) is 0 Å². The van der Waals surface area contributed by atoms with Crippen molar-refractivity contribution in [2.45, 2.75) is 6.18 Å². The van der Waals surface area contributed by atoms with E-state index in [-0.39, 0.29) is 11.0 Å². The molecule has 0 saturated heterocycles. The summed E-state index contributed by atoms with van der Waals surface area (Å²) in [6.07, 6.45) is -1.79. The van der Waals surface area contributed by atoms with Crippen molar-refractivity contribution in [2.75, 3.05) is 18.5 Å². The van der Waals surface area contributed by atoms with E-state index in [4.69, 9.17) is 11.6 Å². The van der Waals surface area contributed by atoms with Gasteiger partial charge in [0, 0.05) is 7.05 Å². The Hall–Kier alpha value is -1.04. The van der Waals surface area contributed by atoms with Gasteiger partial charge in [0.15, 0.2) is 0 Å². The fraction of sp³-hybridized carbons (Fsp3) is 0.429. The van der Waals surface area contributed by atoms with Crippen molar-refractivity contribution in [3.63, 3.8) is 0 Å². The van der Waals surface area contributed by atoms with Gasteiger partial charge in [-0.1, -0.05) is 11.6 Å². The predicted molar refractivity (Wildman–Crippen MR) is 46.4 cm³/mol. The van der Waals surface area contributed by atoms with E-state index in [1.54, 1.807) is 0 Å². The molecule has 0 unspecified atom stereocenters. The number of aromatic nitrogens is 2. The molecular formula is C7H7ClF3N3. The van der Waals surface area contributed by atoms with Crippen LogP contribution in [0.25, 0.3) is 0 Å². The molecule has 0 amide bonds. The Balaban J connectivity index is 2.74. The van der Waals surface area contributed by atoms with E-state index in [1.807, 2.05) is 0 Å². The van der Waals surface area contributed by atoms with E-state index < -0.39 is 12.7 Å². The highest BCUT2D eigenvalue weighted by Gasteiger charge is 2.29. The number of halogens is 4. The monoisotopic (exact) mass is 225 g/mol. The maximum absolute atomic E-state index is 12.0. The smallest absolute Gasteiger partial charge is 0.349 e. The topological polar surface area (TPSA) is 29.0 Å². The summed E-state index contributed by atoms with van der Waals surface area (Å²) in [6, 6.07) is 0. The predicted octanol–water partition coefficient (Wildman–Crippen LogP) is 2.13. The molecule has 0 aromatic carbocycles. The van der Waals surface area contributed by atoms with Gasteiger partial charge in [0.1, 0.15) is 17.5 Å². The summed E-state index contributed by atoms with van der Waals surface area (Å²) in [7, 11) is 1.27. The van der Waals surface area contributed by atoms with Crippen molar-refractivity contribution >= 4 is 17.4 Å². The van der Waals surface area contributed by atoms with Crippen molar-refractivity contribution in [1.29, 1.82) is 0 Å². The minimum Gasteiger partial charge on any atom is -0.349 e. The number of hydrogen-bond donors (Lipinski definition) is 0. The molecule has 78 valence electrons. The molecule has 0 N–H and O–H groups in total. The first-order valence-corrected chi connectivity index (χ1v) is 4.02. The Labute approximate surface area is 83.5 Å². The van der Waals surface area contributed by atoms with Gasteiger partial charge in [-0.3, -0.25) is 4.98 Å². The zero-order valence-electron chi connectivity index (χ0n) is 7.22. The molecule has 0 bridgehead atoms. The maximum Gasteiger partial charge on any atom is 0.405 e. The van der Waals surface area contributed by atoms with Crippen LogP contribution in [-0.4, -0.2) is 29.7 Å². The fourth-order valence-corrected chi connectivity index (χ4v) is 1.01. The average molecular weight is 226 g/mol. The molecule has 1 rings (SSSR count). The normalized spacial score (nSPS) is 11.5. The summed E-state index contributed by atoms with van der Waals surface area (Å²) in [5.41, 5.74) is 0. The van der Waals surface area contributed by atoms with Crippen LogP contribution in [0, 0.1) is 0 Å². The second kappa shape index (κ2) is 4.00. The fourth-order valence-electron chi connectivity index (χ4n) is 0.866. The molecule has 7 heteroatoms. The molecule has 0 radical (unpaired) electrons. The third kappa shape index (κ3) is 3.37. The van der Waals surface area contributed by atoms with E-state index in [0.29, 0.717) is 0 Å². The van der Waals surface area contributed by atoms with Gasteiger partial charge in [-0.2, -0.15) is 13.2 Å². The Morgan fingerprint density at radius 1 is 1.43 bits per heavy atom. The van der Waals surface area contributed by atoms with Crippen LogP contribution in [0.2, 0.25) is 5.15 Å². The van der Waals surface area contributed by atoms with Gasteiger partial charge in [-0.05, 0) is 0 Å². The second-order valence-corrected chi connectivity index (χ2v) is 3.06. The van der Waals surface area contributed by atoms with Crippen LogP contribution < -0.4 is 4.90 Å². The standard InChI is InChI=1S/C7H7ClF3N3/c1-14(4-7(9,10)11)6-3-12-2-5(8)13-6/h2-3H,4H2,1H3. The van der Waals surface area contributed by atoms with Gasteiger partial charge in [0.05, 0.1) is 12.4 Å². The van der Waals surface area contributed by atoms with Crippen LogP contribution in [0.1, 0.15) is 0 Å². The van der Waals surface area contributed by atoms with Crippen molar-refractivity contribution < 1.29 is 13.2 Å². The lowest BCUT2D eigenvalue weighted by atomic mass is 10.5. The summed E-state index contributed by atoms with van der Waals surface area (Å²) in [4.78, 5) is 8.25. The average Bonchev–Trinajstić information content (AvgIpc) is 2.01. The van der Waals surface area contributed by atoms with Gasteiger partial charge in [-0.25, -0.2) is 4.98 Å².